The lowest BCUT2D eigenvalue weighted by Gasteiger charge is -2.11. The summed E-state index contributed by atoms with van der Waals surface area (Å²) in [5, 5.41) is 12.6. The molecule has 4 rings (SSSR count). The fourth-order valence-electron chi connectivity index (χ4n) is 3.08. The molecule has 2 aromatic heterocycles. The molecule has 0 saturated heterocycles. The number of carbonyl (C=O) groups is 1. The first kappa shape index (κ1) is 22.0. The average molecular weight is 466 g/mol. The van der Waals surface area contributed by atoms with Crippen LogP contribution >= 0.6 is 23.1 Å². The van der Waals surface area contributed by atoms with E-state index in [0.29, 0.717) is 22.7 Å². The highest BCUT2D eigenvalue weighted by molar-refractivity contribution is 7.99. The van der Waals surface area contributed by atoms with Crippen LogP contribution in [0.25, 0.3) is 10.2 Å². The maximum atomic E-state index is 12.5. The van der Waals surface area contributed by atoms with Gasteiger partial charge in [-0.1, -0.05) is 53.4 Å². The summed E-state index contributed by atoms with van der Waals surface area (Å²) in [4.78, 5) is 16.9. The minimum atomic E-state index is -0.143. The number of aromatic nitrogens is 4. The molecule has 0 aliphatic carbocycles. The quantitative estimate of drug-likeness (QED) is 0.277. The van der Waals surface area contributed by atoms with Crippen LogP contribution in [0.4, 0.5) is 5.13 Å². The molecule has 0 unspecified atom stereocenters. The van der Waals surface area contributed by atoms with Gasteiger partial charge in [0.1, 0.15) is 12.4 Å². The molecule has 9 heteroatoms. The topological polar surface area (TPSA) is 81.9 Å². The monoisotopic (exact) mass is 465 g/mol. The first-order valence-corrected chi connectivity index (χ1v) is 11.9. The van der Waals surface area contributed by atoms with Gasteiger partial charge in [-0.05, 0) is 43.2 Å². The number of nitrogens with zero attached hydrogens (tertiary/aromatic N) is 4. The van der Waals surface area contributed by atoms with Gasteiger partial charge < -0.3 is 10.1 Å². The van der Waals surface area contributed by atoms with Gasteiger partial charge in [0.15, 0.2) is 16.1 Å². The molecular formula is C23H23N5O2S2. The number of hydrogen-bond donors (Lipinski definition) is 1. The molecular weight excluding hydrogens is 442 g/mol. The predicted molar refractivity (Wildman–Crippen MR) is 129 cm³/mol. The summed E-state index contributed by atoms with van der Waals surface area (Å²) in [7, 11) is 0. The number of fused-ring (bicyclic) bond motifs is 1. The summed E-state index contributed by atoms with van der Waals surface area (Å²) >= 11 is 2.77. The lowest BCUT2D eigenvalue weighted by atomic mass is 10.1. The van der Waals surface area contributed by atoms with Gasteiger partial charge >= 0.3 is 0 Å². The number of allylic oxidation sites excluding steroid dienone is 1. The summed E-state index contributed by atoms with van der Waals surface area (Å²) in [6, 6.07) is 13.8. The predicted octanol–water partition coefficient (Wildman–Crippen LogP) is 5.00. The highest BCUT2D eigenvalue weighted by Crippen LogP contribution is 2.26. The second-order valence-corrected chi connectivity index (χ2v) is 9.08. The molecule has 7 nitrogen and oxygen atoms in total. The Balaban J connectivity index is 1.39. The van der Waals surface area contributed by atoms with E-state index in [1.54, 1.807) is 6.08 Å². The number of anilines is 1. The number of thiazole rings is 1. The van der Waals surface area contributed by atoms with Gasteiger partial charge in [0.05, 0.1) is 16.0 Å². The van der Waals surface area contributed by atoms with Crippen LogP contribution in [-0.2, 0) is 17.9 Å². The lowest BCUT2D eigenvalue weighted by Crippen LogP contribution is -2.14. The minimum Gasteiger partial charge on any atom is -0.485 e. The minimum absolute atomic E-state index is 0.143. The third-order valence-electron chi connectivity index (χ3n) is 4.89. The lowest BCUT2D eigenvalue weighted by molar-refractivity contribution is -0.113. The van der Waals surface area contributed by atoms with E-state index in [2.05, 4.69) is 40.1 Å². The molecule has 0 spiro atoms. The van der Waals surface area contributed by atoms with Crippen molar-refractivity contribution in [2.45, 2.75) is 32.2 Å². The Morgan fingerprint density at radius 1 is 1.22 bits per heavy atom. The van der Waals surface area contributed by atoms with Gasteiger partial charge in [-0.15, -0.1) is 16.8 Å². The highest BCUT2D eigenvalue weighted by atomic mass is 32.2. The Bertz CT molecular complexity index is 1230. The number of para-hydroxylation sites is 1. The Morgan fingerprint density at radius 3 is 2.88 bits per heavy atom. The molecule has 0 aliphatic rings. The molecule has 2 heterocycles. The molecule has 0 saturated carbocycles. The first-order chi connectivity index (χ1) is 15.5. The van der Waals surface area contributed by atoms with Crippen LogP contribution < -0.4 is 10.1 Å². The molecule has 1 amide bonds. The third-order valence-corrected chi connectivity index (χ3v) is 6.81. The average Bonchev–Trinajstić information content (AvgIpc) is 3.36. The van der Waals surface area contributed by atoms with E-state index >= 15 is 0 Å². The van der Waals surface area contributed by atoms with Crippen LogP contribution in [0.3, 0.4) is 0 Å². The van der Waals surface area contributed by atoms with Crippen molar-refractivity contribution in [1.82, 2.24) is 19.7 Å². The van der Waals surface area contributed by atoms with Crippen LogP contribution in [0.1, 0.15) is 17.0 Å². The molecule has 1 N–H and O–H groups in total. The Morgan fingerprint density at radius 2 is 2.06 bits per heavy atom. The van der Waals surface area contributed by atoms with Crippen molar-refractivity contribution in [3.63, 3.8) is 0 Å². The second kappa shape index (κ2) is 9.97. The van der Waals surface area contributed by atoms with Gasteiger partial charge in [0.2, 0.25) is 5.91 Å². The van der Waals surface area contributed by atoms with E-state index in [4.69, 9.17) is 4.74 Å². The number of amides is 1. The third kappa shape index (κ3) is 5.00. The van der Waals surface area contributed by atoms with E-state index < -0.39 is 0 Å². The number of hydrogen-bond acceptors (Lipinski definition) is 7. The van der Waals surface area contributed by atoms with Crippen molar-refractivity contribution in [2.75, 3.05) is 11.1 Å². The van der Waals surface area contributed by atoms with E-state index in [0.717, 1.165) is 21.5 Å². The van der Waals surface area contributed by atoms with Crippen molar-refractivity contribution in [2.24, 2.45) is 0 Å². The summed E-state index contributed by atoms with van der Waals surface area (Å²) in [6.07, 6.45) is 1.77. The number of thioether (sulfide) groups is 1. The zero-order valence-corrected chi connectivity index (χ0v) is 19.5. The van der Waals surface area contributed by atoms with Crippen LogP contribution in [0.2, 0.25) is 0 Å². The molecule has 0 fully saturated rings. The number of benzene rings is 2. The van der Waals surface area contributed by atoms with Crippen LogP contribution in [0.15, 0.2) is 60.3 Å². The van der Waals surface area contributed by atoms with E-state index in [-0.39, 0.29) is 18.3 Å². The Labute approximate surface area is 194 Å². The highest BCUT2D eigenvalue weighted by Gasteiger charge is 2.15. The fourth-order valence-corrected chi connectivity index (χ4v) is 4.73. The fraction of sp³-hybridized carbons (Fsp3) is 0.217. The zero-order valence-electron chi connectivity index (χ0n) is 17.9. The van der Waals surface area contributed by atoms with Crippen LogP contribution in [0.5, 0.6) is 5.75 Å². The molecule has 0 atom stereocenters. The Hall–Kier alpha value is -3.17. The van der Waals surface area contributed by atoms with E-state index in [1.165, 1.54) is 28.7 Å². The molecule has 164 valence electrons. The van der Waals surface area contributed by atoms with Crippen molar-refractivity contribution < 1.29 is 9.53 Å². The maximum absolute atomic E-state index is 12.5. The molecule has 32 heavy (non-hydrogen) atoms. The molecule has 0 aliphatic heterocycles. The number of carbonyl (C=O) groups excluding carboxylic acids is 1. The van der Waals surface area contributed by atoms with Crippen molar-refractivity contribution >= 4 is 44.4 Å². The zero-order chi connectivity index (χ0) is 22.5. The first-order valence-electron chi connectivity index (χ1n) is 10.1. The molecule has 0 radical (unpaired) electrons. The second-order valence-electron chi connectivity index (χ2n) is 7.11. The summed E-state index contributed by atoms with van der Waals surface area (Å²) < 4.78 is 8.93. The van der Waals surface area contributed by atoms with E-state index in [1.807, 2.05) is 47.9 Å². The van der Waals surface area contributed by atoms with Gasteiger partial charge in [0.25, 0.3) is 0 Å². The normalized spacial score (nSPS) is 10.9. The van der Waals surface area contributed by atoms with Crippen LogP contribution in [-0.4, -0.2) is 31.4 Å². The standard InChI is InChI=1S/C23H23N5O2S2/c1-4-12-28-20(13-30-18-10-7-8-15(2)16(18)3)26-27-23(28)31-14-21(29)25-22-24-17-9-5-6-11-19(17)32-22/h4-11H,1,12-14H2,2-3H3,(H,24,25,29). The van der Waals surface area contributed by atoms with Crippen molar-refractivity contribution in [1.29, 1.82) is 0 Å². The van der Waals surface area contributed by atoms with Crippen molar-refractivity contribution in [3.05, 3.63) is 72.1 Å². The van der Waals surface area contributed by atoms with E-state index in [9.17, 15) is 4.79 Å². The molecule has 0 bridgehead atoms. The summed E-state index contributed by atoms with van der Waals surface area (Å²) in [5.41, 5.74) is 3.15. The molecule has 4 aromatic rings. The smallest absolute Gasteiger partial charge is 0.236 e. The number of ether oxygens (including phenoxy) is 1. The van der Waals surface area contributed by atoms with Gasteiger partial charge in [0, 0.05) is 6.54 Å². The summed E-state index contributed by atoms with van der Waals surface area (Å²) in [6.45, 7) is 8.71. The maximum Gasteiger partial charge on any atom is 0.236 e. The van der Waals surface area contributed by atoms with Gasteiger partial charge in [-0.2, -0.15) is 0 Å². The number of nitrogens with one attached hydrogen (secondary N) is 1. The van der Waals surface area contributed by atoms with Gasteiger partial charge in [-0.3, -0.25) is 9.36 Å². The van der Waals surface area contributed by atoms with Crippen LogP contribution in [0, 0.1) is 13.8 Å². The molecule has 2 aromatic carbocycles. The SMILES string of the molecule is C=CCn1c(COc2cccc(C)c2C)nnc1SCC(=O)Nc1nc2ccccc2s1. The summed E-state index contributed by atoms with van der Waals surface area (Å²) in [5.74, 6) is 1.56. The Kier molecular flexibility index (Phi) is 6.87. The largest absolute Gasteiger partial charge is 0.485 e. The number of rotatable bonds is 9. The number of aryl methyl sites for hydroxylation is 1. The van der Waals surface area contributed by atoms with Gasteiger partial charge in [-0.25, -0.2) is 4.98 Å². The van der Waals surface area contributed by atoms with Crippen molar-refractivity contribution in [3.8, 4) is 5.75 Å².